The number of nitrogens with one attached hydrogen (secondary N) is 3. The van der Waals surface area contributed by atoms with Gasteiger partial charge in [0.05, 0.1) is 0 Å². The van der Waals surface area contributed by atoms with Crippen LogP contribution in [0.2, 0.25) is 0 Å². The number of benzene rings is 2. The summed E-state index contributed by atoms with van der Waals surface area (Å²) in [5.41, 5.74) is 1.09. The number of aromatic nitrogens is 4. The molecule has 7 nitrogen and oxygen atoms in total. The van der Waals surface area contributed by atoms with Gasteiger partial charge in [-0.2, -0.15) is 5.21 Å². The monoisotopic (exact) mass is 292 g/mol. The van der Waals surface area contributed by atoms with Gasteiger partial charge in [0.1, 0.15) is 0 Å². The van der Waals surface area contributed by atoms with Crippen LogP contribution in [-0.2, 0) is 10.3 Å². The summed E-state index contributed by atoms with van der Waals surface area (Å²) in [4.78, 5) is 12.8. The Morgan fingerprint density at radius 1 is 1.00 bits per heavy atom. The van der Waals surface area contributed by atoms with Gasteiger partial charge in [-0.3, -0.25) is 4.79 Å². The maximum absolute atomic E-state index is 12.8. The van der Waals surface area contributed by atoms with Crippen LogP contribution in [0.3, 0.4) is 0 Å². The van der Waals surface area contributed by atoms with Crippen LogP contribution in [0, 0.1) is 0 Å². The molecule has 1 aromatic heterocycles. The Labute approximate surface area is 125 Å². The first kappa shape index (κ1) is 12.5. The van der Waals surface area contributed by atoms with E-state index in [2.05, 4.69) is 31.3 Å². The molecule has 0 unspecified atom stereocenters. The number of fused-ring (bicyclic) bond motifs is 1. The minimum Gasteiger partial charge on any atom is -0.361 e. The Kier molecular flexibility index (Phi) is 2.65. The van der Waals surface area contributed by atoms with Gasteiger partial charge in [-0.1, -0.05) is 41.6 Å². The normalized spacial score (nSPS) is 19.5. The number of carbonyl (C=O) groups excluding carboxylic acids is 1. The molecule has 3 N–H and O–H groups in total. The zero-order valence-corrected chi connectivity index (χ0v) is 11.4. The lowest BCUT2D eigenvalue weighted by Gasteiger charge is -2.26. The van der Waals surface area contributed by atoms with Crippen LogP contribution < -0.4 is 10.6 Å². The fourth-order valence-corrected chi connectivity index (χ4v) is 2.72. The van der Waals surface area contributed by atoms with Gasteiger partial charge >= 0.3 is 0 Å². The molecule has 0 aliphatic carbocycles. The highest BCUT2D eigenvalue weighted by Gasteiger charge is 2.51. The summed E-state index contributed by atoms with van der Waals surface area (Å²) in [6, 6.07) is 16.9. The Bertz CT molecular complexity index is 817. The minimum absolute atomic E-state index is 0.237. The van der Waals surface area contributed by atoms with Crippen molar-refractivity contribution in [1.82, 2.24) is 20.6 Å². The Morgan fingerprint density at radius 2 is 1.77 bits per heavy atom. The number of amides is 1. The van der Waals surface area contributed by atoms with Crippen LogP contribution in [0.15, 0.2) is 54.6 Å². The number of rotatable bonds is 3. The highest BCUT2D eigenvalue weighted by molar-refractivity contribution is 6.09. The second-order valence-corrected chi connectivity index (χ2v) is 4.98. The summed E-state index contributed by atoms with van der Waals surface area (Å²) < 4.78 is 0. The SMILES string of the molecule is O=C1Nc2ccccc2[C@@]1(Nc1ccccc1)c1nn[nH]n1. The molecule has 0 spiro atoms. The van der Waals surface area contributed by atoms with Crippen molar-refractivity contribution in [3.05, 3.63) is 66.0 Å². The Hall–Kier alpha value is -3.22. The first-order valence-electron chi connectivity index (χ1n) is 6.79. The molecule has 1 amide bonds. The fraction of sp³-hybridized carbons (Fsp3) is 0.0667. The van der Waals surface area contributed by atoms with Crippen molar-refractivity contribution in [1.29, 1.82) is 0 Å². The molecule has 0 radical (unpaired) electrons. The molecule has 22 heavy (non-hydrogen) atoms. The zero-order chi connectivity index (χ0) is 15.0. The summed E-state index contributed by atoms with van der Waals surface area (Å²) >= 11 is 0. The van der Waals surface area contributed by atoms with E-state index in [1.165, 1.54) is 0 Å². The van der Waals surface area contributed by atoms with Gasteiger partial charge in [0.15, 0.2) is 0 Å². The third-order valence-electron chi connectivity index (χ3n) is 3.71. The van der Waals surface area contributed by atoms with E-state index in [4.69, 9.17) is 0 Å². The standard InChI is InChI=1S/C15H12N6O/c22-14-15(13-18-20-21-19-13,17-10-6-2-1-3-7-10)11-8-4-5-9-12(11)16-14/h1-9,17H,(H,16,22)(H,18,19,20,21)/t15-/m1/s1. The number of para-hydroxylation sites is 2. The molecule has 108 valence electrons. The van der Waals surface area contributed by atoms with Gasteiger partial charge in [0.25, 0.3) is 5.91 Å². The van der Waals surface area contributed by atoms with Gasteiger partial charge in [-0.25, -0.2) is 0 Å². The molecule has 0 saturated carbocycles. The maximum atomic E-state index is 12.8. The molecule has 0 bridgehead atoms. The number of tetrazole rings is 1. The van der Waals surface area contributed by atoms with E-state index < -0.39 is 5.54 Å². The van der Waals surface area contributed by atoms with Gasteiger partial charge < -0.3 is 10.6 Å². The van der Waals surface area contributed by atoms with E-state index in [-0.39, 0.29) is 11.7 Å². The topological polar surface area (TPSA) is 95.6 Å². The summed E-state index contributed by atoms with van der Waals surface area (Å²) in [5.74, 6) is 0.0396. The average Bonchev–Trinajstić information content (AvgIpc) is 3.16. The molecule has 0 saturated heterocycles. The number of aromatic amines is 1. The number of hydrogen-bond acceptors (Lipinski definition) is 5. The molecule has 2 heterocycles. The molecular formula is C15H12N6O. The quantitative estimate of drug-likeness (QED) is 0.680. The van der Waals surface area contributed by atoms with Crippen LogP contribution in [-0.4, -0.2) is 26.5 Å². The van der Waals surface area contributed by atoms with Gasteiger partial charge in [-0.15, -0.1) is 10.2 Å². The van der Waals surface area contributed by atoms with E-state index in [0.29, 0.717) is 0 Å². The van der Waals surface area contributed by atoms with Crippen molar-refractivity contribution in [2.45, 2.75) is 5.54 Å². The van der Waals surface area contributed by atoms with Crippen molar-refractivity contribution < 1.29 is 4.79 Å². The largest absolute Gasteiger partial charge is 0.361 e. The summed E-state index contributed by atoms with van der Waals surface area (Å²) in [6.45, 7) is 0. The zero-order valence-electron chi connectivity index (χ0n) is 11.4. The highest BCUT2D eigenvalue weighted by Crippen LogP contribution is 2.41. The van der Waals surface area contributed by atoms with Crippen LogP contribution >= 0.6 is 0 Å². The van der Waals surface area contributed by atoms with Crippen LogP contribution in [0.25, 0.3) is 0 Å². The molecule has 1 aliphatic rings. The fourth-order valence-electron chi connectivity index (χ4n) is 2.72. The number of H-pyrrole nitrogens is 1. The molecule has 4 rings (SSSR count). The lowest BCUT2D eigenvalue weighted by molar-refractivity contribution is -0.118. The van der Waals surface area contributed by atoms with Crippen molar-refractivity contribution in [3.8, 4) is 0 Å². The van der Waals surface area contributed by atoms with E-state index in [0.717, 1.165) is 16.9 Å². The molecule has 7 heteroatoms. The Morgan fingerprint density at radius 3 is 2.55 bits per heavy atom. The summed E-state index contributed by atoms with van der Waals surface area (Å²) in [7, 11) is 0. The van der Waals surface area contributed by atoms with Crippen LogP contribution in [0.4, 0.5) is 11.4 Å². The third kappa shape index (κ3) is 1.69. The molecule has 0 fully saturated rings. The number of nitrogens with zero attached hydrogens (tertiary/aromatic N) is 3. The smallest absolute Gasteiger partial charge is 0.263 e. The second-order valence-electron chi connectivity index (χ2n) is 4.98. The first-order chi connectivity index (χ1) is 10.8. The van der Waals surface area contributed by atoms with Crippen molar-refractivity contribution >= 4 is 17.3 Å². The van der Waals surface area contributed by atoms with Crippen molar-refractivity contribution in [2.75, 3.05) is 10.6 Å². The Balaban J connectivity index is 1.93. The molecule has 1 aliphatic heterocycles. The van der Waals surface area contributed by atoms with Crippen molar-refractivity contribution in [2.24, 2.45) is 0 Å². The molecular weight excluding hydrogens is 280 g/mol. The van der Waals surface area contributed by atoms with E-state index in [9.17, 15) is 4.79 Å². The lowest BCUT2D eigenvalue weighted by atomic mass is 9.90. The molecule has 2 aromatic carbocycles. The van der Waals surface area contributed by atoms with Crippen molar-refractivity contribution in [3.63, 3.8) is 0 Å². The third-order valence-corrected chi connectivity index (χ3v) is 3.71. The minimum atomic E-state index is -1.20. The van der Waals surface area contributed by atoms with Gasteiger partial charge in [0.2, 0.25) is 11.4 Å². The predicted molar refractivity (Wildman–Crippen MR) is 80.1 cm³/mol. The number of anilines is 2. The van der Waals surface area contributed by atoms with Gasteiger partial charge in [0, 0.05) is 16.9 Å². The molecule has 1 atom stereocenters. The average molecular weight is 292 g/mol. The summed E-state index contributed by atoms with van der Waals surface area (Å²) in [6.07, 6.45) is 0. The van der Waals surface area contributed by atoms with Gasteiger partial charge in [-0.05, 0) is 18.2 Å². The number of hydrogen-bond donors (Lipinski definition) is 3. The maximum Gasteiger partial charge on any atom is 0.263 e. The first-order valence-corrected chi connectivity index (χ1v) is 6.79. The number of carbonyl (C=O) groups is 1. The lowest BCUT2D eigenvalue weighted by Crippen LogP contribution is -2.44. The van der Waals surface area contributed by atoms with Crippen LogP contribution in [0.1, 0.15) is 11.4 Å². The van der Waals surface area contributed by atoms with Crippen LogP contribution in [0.5, 0.6) is 0 Å². The van der Waals surface area contributed by atoms with E-state index >= 15 is 0 Å². The highest BCUT2D eigenvalue weighted by atomic mass is 16.2. The molecule has 3 aromatic rings. The van der Waals surface area contributed by atoms with E-state index in [1.54, 1.807) is 0 Å². The van der Waals surface area contributed by atoms with E-state index in [1.807, 2.05) is 54.6 Å². The predicted octanol–water partition coefficient (Wildman–Crippen LogP) is 1.51. The second kappa shape index (κ2) is 4.66. The summed E-state index contributed by atoms with van der Waals surface area (Å²) in [5, 5.41) is 20.3.